The lowest BCUT2D eigenvalue weighted by molar-refractivity contribution is -0.133. The summed E-state index contributed by atoms with van der Waals surface area (Å²) in [4.78, 5) is 31.8. The second-order valence-corrected chi connectivity index (χ2v) is 9.05. The van der Waals surface area contributed by atoms with Crippen molar-refractivity contribution in [3.05, 3.63) is 78.7 Å². The van der Waals surface area contributed by atoms with E-state index in [0.29, 0.717) is 52.7 Å². The second-order valence-electron chi connectivity index (χ2n) is 9.05. The maximum absolute atomic E-state index is 13.3. The minimum atomic E-state index is -1.29. The van der Waals surface area contributed by atoms with Crippen molar-refractivity contribution in [2.24, 2.45) is 5.41 Å². The van der Waals surface area contributed by atoms with E-state index in [1.807, 2.05) is 0 Å². The molecule has 1 heterocycles. The average Bonchev–Trinajstić information content (AvgIpc) is 3.77. The number of methoxy groups -OCH3 is 2. The molecule has 200 valence electrons. The highest BCUT2D eigenvalue weighted by atomic mass is 19.1. The normalized spacial score (nSPS) is 13.4. The Hall–Kier alpha value is -4.70. The van der Waals surface area contributed by atoms with E-state index < -0.39 is 29.8 Å². The fourth-order valence-electron chi connectivity index (χ4n) is 4.33. The molecule has 0 bridgehead atoms. The number of nitrogens with one attached hydrogen (secondary N) is 1. The average molecular weight is 532 g/mol. The van der Waals surface area contributed by atoms with E-state index in [1.165, 1.54) is 24.3 Å². The first kappa shape index (κ1) is 25.9. The van der Waals surface area contributed by atoms with E-state index in [1.54, 1.807) is 62.9 Å². The topological polar surface area (TPSA) is 110 Å². The Bertz CT molecular complexity index is 1520. The molecule has 1 fully saturated rings. The third-order valence-electron chi connectivity index (χ3n) is 6.67. The van der Waals surface area contributed by atoms with Crippen LogP contribution in [0.5, 0.6) is 23.0 Å². The summed E-state index contributed by atoms with van der Waals surface area (Å²) in [6.07, 6.45) is 2.33. The third-order valence-corrected chi connectivity index (χ3v) is 6.67. The molecule has 1 aliphatic carbocycles. The van der Waals surface area contributed by atoms with Crippen LogP contribution >= 0.6 is 0 Å². The molecule has 1 aromatic heterocycles. The summed E-state index contributed by atoms with van der Waals surface area (Å²) in [5, 5.41) is 13.3. The number of anilines is 2. The number of hydrogen-bond donors (Lipinski definition) is 2. The van der Waals surface area contributed by atoms with Crippen molar-refractivity contribution in [2.45, 2.75) is 12.8 Å². The van der Waals surface area contributed by atoms with Gasteiger partial charge in [-0.25, -0.2) is 4.39 Å². The van der Waals surface area contributed by atoms with Crippen molar-refractivity contribution < 1.29 is 33.3 Å². The van der Waals surface area contributed by atoms with Crippen LogP contribution in [-0.4, -0.2) is 42.9 Å². The second kappa shape index (κ2) is 10.6. The fraction of sp³-hybridized carbons (Fsp3) is 0.207. The number of fused-ring (bicyclic) bond motifs is 1. The first-order valence-electron chi connectivity index (χ1n) is 12.2. The van der Waals surface area contributed by atoms with Crippen LogP contribution in [0.3, 0.4) is 0 Å². The lowest BCUT2D eigenvalue weighted by Gasteiger charge is -2.25. The maximum atomic E-state index is 13.3. The molecule has 1 aliphatic rings. The van der Waals surface area contributed by atoms with Gasteiger partial charge in [-0.2, -0.15) is 0 Å². The van der Waals surface area contributed by atoms with Crippen molar-refractivity contribution in [3.8, 4) is 23.0 Å². The molecule has 2 N–H and O–H groups in total. The predicted octanol–water partition coefficient (Wildman–Crippen LogP) is 4.89. The van der Waals surface area contributed by atoms with E-state index in [-0.39, 0.29) is 0 Å². The number of aliphatic hydroxyl groups is 1. The molecule has 0 spiro atoms. The van der Waals surface area contributed by atoms with Crippen LogP contribution < -0.4 is 24.4 Å². The number of ether oxygens (including phenoxy) is 3. The summed E-state index contributed by atoms with van der Waals surface area (Å²) in [7, 11) is 3.11. The lowest BCUT2D eigenvalue weighted by atomic mass is 10.0. The minimum absolute atomic E-state index is 0.309. The Morgan fingerprint density at radius 2 is 1.64 bits per heavy atom. The van der Waals surface area contributed by atoms with E-state index in [0.717, 1.165) is 10.3 Å². The maximum Gasteiger partial charge on any atom is 0.244 e. The third kappa shape index (κ3) is 5.06. The largest absolute Gasteiger partial charge is 0.493 e. The van der Waals surface area contributed by atoms with Crippen molar-refractivity contribution in [3.63, 3.8) is 0 Å². The first-order valence-corrected chi connectivity index (χ1v) is 12.2. The molecule has 3 aromatic carbocycles. The van der Waals surface area contributed by atoms with Gasteiger partial charge in [-0.05, 0) is 73.5 Å². The highest BCUT2D eigenvalue weighted by molar-refractivity contribution is 6.17. The molecule has 5 rings (SSSR count). The predicted molar refractivity (Wildman–Crippen MR) is 143 cm³/mol. The standard InChI is InChI=1S/C29H26FN3O6/c1-37-25-15-22-23(16-26(25)38-2)31-14-11-24(22)39-21-9-5-19(6-10-21)32-27(35)29(12-13-29)28(36)33(17-34)20-7-3-18(30)4-8-20/h3-11,14-16,34H,12-13,17H2,1-2H3,(H,32,35). The Balaban J connectivity index is 1.30. The highest BCUT2D eigenvalue weighted by Crippen LogP contribution is 2.49. The van der Waals surface area contributed by atoms with E-state index in [4.69, 9.17) is 14.2 Å². The van der Waals surface area contributed by atoms with Crippen LogP contribution in [0, 0.1) is 11.2 Å². The summed E-state index contributed by atoms with van der Waals surface area (Å²) in [6, 6.07) is 17.2. The molecule has 4 aromatic rings. The number of benzene rings is 3. The van der Waals surface area contributed by atoms with Crippen LogP contribution in [0.25, 0.3) is 10.9 Å². The Kier molecular flexibility index (Phi) is 7.03. The molecule has 9 nitrogen and oxygen atoms in total. The molecule has 39 heavy (non-hydrogen) atoms. The van der Waals surface area contributed by atoms with Crippen molar-refractivity contribution in [1.82, 2.24) is 4.98 Å². The number of aromatic nitrogens is 1. The number of carbonyl (C=O) groups excluding carboxylic acids is 2. The number of rotatable bonds is 9. The number of pyridine rings is 1. The van der Waals surface area contributed by atoms with E-state index in [9.17, 15) is 19.1 Å². The monoisotopic (exact) mass is 531 g/mol. The molecule has 10 heteroatoms. The number of carbonyl (C=O) groups is 2. The van der Waals surface area contributed by atoms with Crippen molar-refractivity contribution in [2.75, 3.05) is 31.2 Å². The van der Waals surface area contributed by atoms with Gasteiger partial charge in [0, 0.05) is 29.0 Å². The molecule has 0 aliphatic heterocycles. The lowest BCUT2D eigenvalue weighted by Crippen LogP contribution is -2.43. The smallest absolute Gasteiger partial charge is 0.244 e. The van der Waals surface area contributed by atoms with Gasteiger partial charge in [-0.1, -0.05) is 0 Å². The zero-order valence-electron chi connectivity index (χ0n) is 21.3. The summed E-state index contributed by atoms with van der Waals surface area (Å²) in [5.41, 5.74) is 0.174. The molecular weight excluding hydrogens is 505 g/mol. The zero-order valence-corrected chi connectivity index (χ0v) is 21.3. The van der Waals surface area contributed by atoms with Crippen LogP contribution in [0.15, 0.2) is 72.9 Å². The zero-order chi connectivity index (χ0) is 27.6. The van der Waals surface area contributed by atoms with Gasteiger partial charge in [-0.15, -0.1) is 0 Å². The van der Waals surface area contributed by atoms with Crippen LogP contribution in [0.4, 0.5) is 15.8 Å². The summed E-state index contributed by atoms with van der Waals surface area (Å²) in [5.74, 6) is 0.714. The van der Waals surface area contributed by atoms with Gasteiger partial charge in [0.05, 0.1) is 19.7 Å². The molecule has 2 amide bonds. The van der Waals surface area contributed by atoms with Gasteiger partial charge in [0.15, 0.2) is 11.5 Å². The summed E-state index contributed by atoms with van der Waals surface area (Å²) < 4.78 is 30.1. The SMILES string of the molecule is COc1cc2nccc(Oc3ccc(NC(=O)C4(C(=O)N(CO)c5ccc(F)cc5)CC4)cc3)c2cc1OC. The molecule has 0 radical (unpaired) electrons. The molecular formula is C29H26FN3O6. The number of halogens is 1. The van der Waals surface area contributed by atoms with Crippen LogP contribution in [0.2, 0.25) is 0 Å². The number of aliphatic hydroxyl groups excluding tert-OH is 1. The van der Waals surface area contributed by atoms with Crippen molar-refractivity contribution >= 4 is 34.1 Å². The quantitative estimate of drug-likeness (QED) is 0.234. The van der Waals surface area contributed by atoms with Gasteiger partial charge in [0.2, 0.25) is 11.8 Å². The number of hydrogen-bond acceptors (Lipinski definition) is 7. The van der Waals surface area contributed by atoms with Gasteiger partial charge in [0.25, 0.3) is 0 Å². The summed E-state index contributed by atoms with van der Waals surface area (Å²) >= 11 is 0. The molecule has 0 atom stereocenters. The minimum Gasteiger partial charge on any atom is -0.493 e. The van der Waals surface area contributed by atoms with Gasteiger partial charge < -0.3 is 24.6 Å². The number of amides is 2. The molecule has 0 saturated heterocycles. The Morgan fingerprint density at radius 1 is 0.974 bits per heavy atom. The Morgan fingerprint density at radius 3 is 2.26 bits per heavy atom. The Labute approximate surface area is 223 Å². The van der Waals surface area contributed by atoms with Gasteiger partial charge in [-0.3, -0.25) is 19.5 Å². The van der Waals surface area contributed by atoms with Gasteiger partial charge >= 0.3 is 0 Å². The first-order chi connectivity index (χ1) is 18.9. The number of nitrogens with zero attached hydrogens (tertiary/aromatic N) is 2. The van der Waals surface area contributed by atoms with E-state index in [2.05, 4.69) is 10.3 Å². The van der Waals surface area contributed by atoms with Crippen LogP contribution in [-0.2, 0) is 9.59 Å². The fourth-order valence-corrected chi connectivity index (χ4v) is 4.33. The highest BCUT2D eigenvalue weighted by Gasteiger charge is 2.58. The van der Waals surface area contributed by atoms with Gasteiger partial charge in [0.1, 0.15) is 29.5 Å². The van der Waals surface area contributed by atoms with E-state index >= 15 is 0 Å². The molecule has 0 unspecified atom stereocenters. The summed E-state index contributed by atoms with van der Waals surface area (Å²) in [6.45, 7) is -0.631. The van der Waals surface area contributed by atoms with Crippen molar-refractivity contribution in [1.29, 1.82) is 0 Å². The van der Waals surface area contributed by atoms with Crippen LogP contribution in [0.1, 0.15) is 12.8 Å². The molecule has 1 saturated carbocycles.